The number of benzene rings is 1. The fourth-order valence-electron chi connectivity index (χ4n) is 1.71. The number of urea groups is 1. The van der Waals surface area contributed by atoms with Gasteiger partial charge in [-0.3, -0.25) is 10.1 Å². The molecule has 0 spiro atoms. The maximum atomic E-state index is 12.0. The second kappa shape index (κ2) is 5.78. The summed E-state index contributed by atoms with van der Waals surface area (Å²) in [7, 11) is 0. The molecule has 1 aromatic carbocycles. The molecular formula is C11H11N3O5S. The number of carbonyl (C=O) groups is 2. The number of carboxylic acid groups (broad SMARTS) is 1. The van der Waals surface area contributed by atoms with Crippen LogP contribution in [-0.4, -0.2) is 44.6 Å². The summed E-state index contributed by atoms with van der Waals surface area (Å²) in [5, 5.41) is 22.0. The summed E-state index contributed by atoms with van der Waals surface area (Å²) in [4.78, 5) is 34.1. The van der Waals surface area contributed by atoms with Crippen LogP contribution >= 0.6 is 11.8 Å². The van der Waals surface area contributed by atoms with Gasteiger partial charge in [-0.2, -0.15) is 0 Å². The van der Waals surface area contributed by atoms with E-state index in [1.54, 1.807) is 0 Å². The Morgan fingerprint density at radius 1 is 1.40 bits per heavy atom. The van der Waals surface area contributed by atoms with Gasteiger partial charge in [-0.25, -0.2) is 9.59 Å². The summed E-state index contributed by atoms with van der Waals surface area (Å²) < 4.78 is 0. The van der Waals surface area contributed by atoms with Gasteiger partial charge >= 0.3 is 12.0 Å². The highest BCUT2D eigenvalue weighted by Crippen LogP contribution is 2.22. The summed E-state index contributed by atoms with van der Waals surface area (Å²) in [5.41, 5.74) is 0.296. The minimum atomic E-state index is -1.05. The zero-order chi connectivity index (χ0) is 14.7. The number of aliphatic carboxylic acids is 1. The van der Waals surface area contributed by atoms with E-state index < -0.39 is 23.0 Å². The fourth-order valence-corrected chi connectivity index (χ4v) is 2.85. The Balaban J connectivity index is 2.04. The van der Waals surface area contributed by atoms with Crippen molar-refractivity contribution < 1.29 is 19.6 Å². The molecule has 1 fully saturated rings. The molecule has 1 saturated heterocycles. The fraction of sp³-hybridized carbons (Fsp3) is 0.273. The first-order chi connectivity index (χ1) is 9.49. The summed E-state index contributed by atoms with van der Waals surface area (Å²) >= 11 is 1.36. The first-order valence-electron chi connectivity index (χ1n) is 5.61. The molecule has 1 atom stereocenters. The molecule has 0 bridgehead atoms. The molecule has 1 aliphatic rings. The van der Waals surface area contributed by atoms with Crippen LogP contribution in [0, 0.1) is 10.1 Å². The van der Waals surface area contributed by atoms with E-state index in [0.29, 0.717) is 17.3 Å². The number of hydrogen-bond acceptors (Lipinski definition) is 5. The predicted molar refractivity (Wildman–Crippen MR) is 72.7 cm³/mol. The van der Waals surface area contributed by atoms with E-state index in [0.717, 1.165) is 0 Å². The molecule has 20 heavy (non-hydrogen) atoms. The molecular weight excluding hydrogens is 286 g/mol. The van der Waals surface area contributed by atoms with Gasteiger partial charge in [-0.05, 0) is 12.1 Å². The highest BCUT2D eigenvalue weighted by atomic mass is 32.2. The van der Waals surface area contributed by atoms with Crippen molar-refractivity contribution in [2.75, 3.05) is 16.9 Å². The topological polar surface area (TPSA) is 113 Å². The SMILES string of the molecule is O=C(O)C1CSCN1C(=O)Nc1ccc([N+](=O)[O-])cc1. The Morgan fingerprint density at radius 2 is 2.05 bits per heavy atom. The van der Waals surface area contributed by atoms with Crippen LogP contribution in [0.2, 0.25) is 0 Å². The first-order valence-corrected chi connectivity index (χ1v) is 6.77. The van der Waals surface area contributed by atoms with E-state index in [1.165, 1.54) is 40.9 Å². The standard InChI is InChI=1S/C11H11N3O5S/c15-10(16)9-5-20-6-13(9)11(17)12-7-1-3-8(4-2-7)14(18)19/h1-4,9H,5-6H2,(H,12,17)(H,15,16). The zero-order valence-corrected chi connectivity index (χ0v) is 11.0. The van der Waals surface area contributed by atoms with Crippen molar-refractivity contribution in [1.29, 1.82) is 0 Å². The number of thioether (sulfide) groups is 1. The Kier molecular flexibility index (Phi) is 4.08. The van der Waals surface area contributed by atoms with Gasteiger partial charge in [0.1, 0.15) is 6.04 Å². The maximum absolute atomic E-state index is 12.0. The molecule has 1 aromatic rings. The largest absolute Gasteiger partial charge is 0.480 e. The van der Waals surface area contributed by atoms with Gasteiger partial charge in [0.05, 0.1) is 10.8 Å². The summed E-state index contributed by atoms with van der Waals surface area (Å²) in [6, 6.07) is 3.95. The number of nitrogens with one attached hydrogen (secondary N) is 1. The van der Waals surface area contributed by atoms with Crippen LogP contribution in [0.1, 0.15) is 0 Å². The Labute approximate surface area is 117 Å². The molecule has 106 valence electrons. The van der Waals surface area contributed by atoms with E-state index in [2.05, 4.69) is 5.32 Å². The van der Waals surface area contributed by atoms with Crippen molar-refractivity contribution in [3.05, 3.63) is 34.4 Å². The van der Waals surface area contributed by atoms with Gasteiger partial charge in [0, 0.05) is 23.6 Å². The number of carbonyl (C=O) groups excluding carboxylic acids is 1. The van der Waals surface area contributed by atoms with E-state index in [9.17, 15) is 19.7 Å². The highest BCUT2D eigenvalue weighted by molar-refractivity contribution is 7.99. The van der Waals surface area contributed by atoms with Crippen LogP contribution in [0.25, 0.3) is 0 Å². The van der Waals surface area contributed by atoms with Gasteiger partial charge < -0.3 is 15.3 Å². The quantitative estimate of drug-likeness (QED) is 0.647. The summed E-state index contributed by atoms with van der Waals surface area (Å²) in [6.45, 7) is 0. The lowest BCUT2D eigenvalue weighted by molar-refractivity contribution is -0.384. The van der Waals surface area contributed by atoms with E-state index in [-0.39, 0.29) is 5.69 Å². The first kappa shape index (κ1) is 14.1. The van der Waals surface area contributed by atoms with Crippen molar-refractivity contribution in [3.8, 4) is 0 Å². The molecule has 0 saturated carbocycles. The van der Waals surface area contributed by atoms with Crippen molar-refractivity contribution in [2.45, 2.75) is 6.04 Å². The molecule has 1 aliphatic heterocycles. The molecule has 8 nitrogen and oxygen atoms in total. The molecule has 0 aliphatic carbocycles. The van der Waals surface area contributed by atoms with E-state index in [4.69, 9.17) is 5.11 Å². The van der Waals surface area contributed by atoms with Gasteiger partial charge in [0.25, 0.3) is 5.69 Å². The van der Waals surface area contributed by atoms with E-state index in [1.807, 2.05) is 0 Å². The molecule has 1 unspecified atom stereocenters. The van der Waals surface area contributed by atoms with Crippen LogP contribution in [0.4, 0.5) is 16.2 Å². The molecule has 2 N–H and O–H groups in total. The molecule has 9 heteroatoms. The van der Waals surface area contributed by atoms with Crippen molar-refractivity contribution in [3.63, 3.8) is 0 Å². The van der Waals surface area contributed by atoms with E-state index >= 15 is 0 Å². The Morgan fingerprint density at radius 3 is 2.60 bits per heavy atom. The third-order valence-corrected chi connectivity index (χ3v) is 3.77. The smallest absolute Gasteiger partial charge is 0.327 e. The van der Waals surface area contributed by atoms with Crippen LogP contribution in [0.5, 0.6) is 0 Å². The number of nitrogens with zero attached hydrogens (tertiary/aromatic N) is 2. The number of nitro groups is 1. The van der Waals surface area contributed by atoms with Gasteiger partial charge in [0.2, 0.25) is 0 Å². The maximum Gasteiger partial charge on any atom is 0.327 e. The number of nitro benzene ring substituents is 1. The van der Waals surface area contributed by atoms with Gasteiger partial charge in [-0.1, -0.05) is 0 Å². The molecule has 1 heterocycles. The molecule has 0 aromatic heterocycles. The predicted octanol–water partition coefficient (Wildman–Crippen LogP) is 1.59. The summed E-state index contributed by atoms with van der Waals surface area (Å²) in [5.74, 6) is -0.396. The normalized spacial score (nSPS) is 17.8. The van der Waals surface area contributed by atoms with Crippen molar-refractivity contribution >= 4 is 35.1 Å². The van der Waals surface area contributed by atoms with Crippen LogP contribution in [0.15, 0.2) is 24.3 Å². The average Bonchev–Trinajstić information content (AvgIpc) is 2.88. The van der Waals surface area contributed by atoms with Crippen LogP contribution < -0.4 is 5.32 Å². The second-order valence-electron chi connectivity index (χ2n) is 4.06. The third kappa shape index (κ3) is 2.99. The monoisotopic (exact) mass is 297 g/mol. The lowest BCUT2D eigenvalue weighted by Crippen LogP contribution is -2.43. The Hall–Kier alpha value is -2.29. The minimum Gasteiger partial charge on any atom is -0.480 e. The van der Waals surface area contributed by atoms with Crippen molar-refractivity contribution in [2.24, 2.45) is 0 Å². The van der Waals surface area contributed by atoms with Crippen LogP contribution in [-0.2, 0) is 4.79 Å². The molecule has 2 rings (SSSR count). The zero-order valence-electron chi connectivity index (χ0n) is 10.2. The minimum absolute atomic E-state index is 0.0804. The lowest BCUT2D eigenvalue weighted by Gasteiger charge is -2.20. The third-order valence-electron chi connectivity index (χ3n) is 2.76. The lowest BCUT2D eigenvalue weighted by atomic mass is 10.3. The number of rotatable bonds is 3. The molecule has 2 amide bonds. The van der Waals surface area contributed by atoms with Crippen LogP contribution in [0.3, 0.4) is 0 Å². The number of anilines is 1. The average molecular weight is 297 g/mol. The number of carboxylic acids is 1. The summed E-state index contributed by atoms with van der Waals surface area (Å²) in [6.07, 6.45) is 0. The Bertz CT molecular complexity index is 547. The molecule has 0 radical (unpaired) electrons. The number of non-ortho nitro benzene ring substituents is 1. The van der Waals surface area contributed by atoms with Crippen molar-refractivity contribution in [1.82, 2.24) is 4.90 Å². The highest BCUT2D eigenvalue weighted by Gasteiger charge is 2.34. The van der Waals surface area contributed by atoms with Gasteiger partial charge in [0.15, 0.2) is 0 Å². The number of amides is 2. The number of hydrogen-bond donors (Lipinski definition) is 2. The second-order valence-corrected chi connectivity index (χ2v) is 5.06. The van der Waals surface area contributed by atoms with Gasteiger partial charge in [-0.15, -0.1) is 11.8 Å².